The van der Waals surface area contributed by atoms with Crippen molar-refractivity contribution in [1.82, 2.24) is 39.3 Å². The average Bonchev–Trinajstić information content (AvgIpc) is 3.40. The van der Waals surface area contributed by atoms with Crippen molar-refractivity contribution in [3.8, 4) is 0 Å². The molecule has 0 aliphatic rings. The molecule has 0 fully saturated rings. The first-order valence-electron chi connectivity index (χ1n) is 8.62. The van der Waals surface area contributed by atoms with Crippen LogP contribution in [0.2, 0.25) is 0 Å². The van der Waals surface area contributed by atoms with E-state index in [9.17, 15) is 4.79 Å². The summed E-state index contributed by atoms with van der Waals surface area (Å²) in [6.45, 7) is 0.220. The Labute approximate surface area is 162 Å². The molecule has 0 amide bonds. The van der Waals surface area contributed by atoms with Crippen LogP contribution in [0, 0.1) is 0 Å². The first kappa shape index (κ1) is 16.7. The summed E-state index contributed by atoms with van der Waals surface area (Å²) in [6.07, 6.45) is 5.86. The van der Waals surface area contributed by atoms with Gasteiger partial charge in [0, 0.05) is 38.3 Å². The zero-order valence-corrected chi connectivity index (χ0v) is 16.1. The molecule has 5 rings (SSSR count). The van der Waals surface area contributed by atoms with Gasteiger partial charge < -0.3 is 10.3 Å². The fourth-order valence-corrected chi connectivity index (χ4v) is 4.50. The van der Waals surface area contributed by atoms with Gasteiger partial charge in [0.15, 0.2) is 5.65 Å². The summed E-state index contributed by atoms with van der Waals surface area (Å²) in [6, 6.07) is 1.92. The van der Waals surface area contributed by atoms with Gasteiger partial charge in [-0.15, -0.1) is 11.3 Å². The van der Waals surface area contributed by atoms with E-state index in [-0.39, 0.29) is 12.1 Å². The molecular formula is C17H17N9OS. The van der Waals surface area contributed by atoms with Crippen LogP contribution in [0.1, 0.15) is 16.4 Å². The van der Waals surface area contributed by atoms with Gasteiger partial charge in [-0.1, -0.05) is 0 Å². The summed E-state index contributed by atoms with van der Waals surface area (Å²) in [7, 11) is 3.64. The number of rotatable bonds is 4. The predicted octanol–water partition coefficient (Wildman–Crippen LogP) is 1.02. The van der Waals surface area contributed by atoms with E-state index in [0.29, 0.717) is 23.3 Å². The first-order chi connectivity index (χ1) is 13.5. The second-order valence-electron chi connectivity index (χ2n) is 6.64. The Balaban J connectivity index is 1.60. The van der Waals surface area contributed by atoms with Crippen LogP contribution in [-0.2, 0) is 27.1 Å². The van der Waals surface area contributed by atoms with Crippen molar-refractivity contribution < 1.29 is 0 Å². The lowest BCUT2D eigenvalue weighted by Crippen LogP contribution is -2.25. The van der Waals surface area contributed by atoms with E-state index < -0.39 is 0 Å². The maximum absolute atomic E-state index is 13.0. The monoisotopic (exact) mass is 395 g/mol. The highest BCUT2D eigenvalue weighted by atomic mass is 32.1. The largest absolute Gasteiger partial charge is 0.396 e. The van der Waals surface area contributed by atoms with E-state index in [1.54, 1.807) is 41.7 Å². The molecule has 28 heavy (non-hydrogen) atoms. The van der Waals surface area contributed by atoms with E-state index in [1.807, 2.05) is 17.7 Å². The van der Waals surface area contributed by atoms with Gasteiger partial charge in [0.05, 0.1) is 28.8 Å². The molecule has 0 aliphatic heterocycles. The number of aromatic amines is 1. The summed E-state index contributed by atoms with van der Waals surface area (Å²) >= 11 is 1.56. The molecule has 11 heteroatoms. The normalized spacial score (nSPS) is 11.8. The lowest BCUT2D eigenvalue weighted by atomic mass is 10.3. The molecule has 0 radical (unpaired) electrons. The molecule has 5 aromatic rings. The second kappa shape index (κ2) is 6.02. The van der Waals surface area contributed by atoms with Crippen LogP contribution in [0.5, 0.6) is 0 Å². The Bertz CT molecular complexity index is 1370. The van der Waals surface area contributed by atoms with Crippen molar-refractivity contribution in [2.75, 3.05) is 5.73 Å². The molecule has 0 saturated heterocycles. The van der Waals surface area contributed by atoms with Crippen molar-refractivity contribution in [3.05, 3.63) is 51.4 Å². The maximum atomic E-state index is 13.0. The molecule has 3 N–H and O–H groups in total. The number of anilines is 1. The Morgan fingerprint density at radius 1 is 1.32 bits per heavy atom. The Kier molecular flexibility index (Phi) is 3.59. The maximum Gasteiger partial charge on any atom is 0.291 e. The van der Waals surface area contributed by atoms with Gasteiger partial charge in [0.1, 0.15) is 16.2 Å². The molecule has 5 heterocycles. The molecule has 142 valence electrons. The third-order valence-electron chi connectivity index (χ3n) is 4.70. The molecule has 0 unspecified atom stereocenters. The number of thiazole rings is 1. The number of aromatic nitrogens is 8. The van der Waals surface area contributed by atoms with Gasteiger partial charge in [-0.3, -0.25) is 14.6 Å². The van der Waals surface area contributed by atoms with Crippen molar-refractivity contribution >= 4 is 38.3 Å². The number of hydrogen-bond acceptors (Lipinski definition) is 7. The highest BCUT2D eigenvalue weighted by molar-refractivity contribution is 7.19. The third kappa shape index (κ3) is 2.51. The van der Waals surface area contributed by atoms with Crippen LogP contribution in [-0.4, -0.2) is 39.3 Å². The third-order valence-corrected chi connectivity index (χ3v) is 5.78. The molecular weight excluding hydrogens is 378 g/mol. The molecule has 0 aromatic carbocycles. The van der Waals surface area contributed by atoms with Gasteiger partial charge in [0.25, 0.3) is 5.56 Å². The fraction of sp³-hybridized carbons (Fsp3) is 0.235. The average molecular weight is 395 g/mol. The van der Waals surface area contributed by atoms with Gasteiger partial charge in [-0.2, -0.15) is 15.3 Å². The highest BCUT2D eigenvalue weighted by Crippen LogP contribution is 2.31. The summed E-state index contributed by atoms with van der Waals surface area (Å²) in [5.74, 6) is 0. The molecule has 0 bridgehead atoms. The van der Waals surface area contributed by atoms with E-state index >= 15 is 0 Å². The number of fused-ring (bicyclic) bond motifs is 3. The number of nitrogens with zero attached hydrogens (tertiary/aromatic N) is 7. The van der Waals surface area contributed by atoms with E-state index in [0.717, 1.165) is 26.4 Å². The number of hydrogen-bond donors (Lipinski definition) is 2. The molecule has 10 nitrogen and oxygen atoms in total. The number of H-pyrrole nitrogens is 1. The van der Waals surface area contributed by atoms with Gasteiger partial charge in [-0.25, -0.2) is 9.67 Å². The number of nitrogen functional groups attached to an aromatic ring is 1. The fourth-order valence-electron chi connectivity index (χ4n) is 3.38. The van der Waals surface area contributed by atoms with Crippen molar-refractivity contribution in [2.24, 2.45) is 14.1 Å². The van der Waals surface area contributed by atoms with Crippen LogP contribution in [0.3, 0.4) is 0 Å². The van der Waals surface area contributed by atoms with Crippen LogP contribution < -0.4 is 11.3 Å². The SMILES string of the molecule is Cn1cc(N)c(Cn2ncc3c4sc(Cc5cc[nH]n5)nc4n(C)c3c2=O)n1. The van der Waals surface area contributed by atoms with E-state index in [4.69, 9.17) is 10.7 Å². The highest BCUT2D eigenvalue weighted by Gasteiger charge is 2.19. The summed E-state index contributed by atoms with van der Waals surface area (Å²) in [5, 5.41) is 17.4. The topological polar surface area (TPSA) is 125 Å². The number of aryl methyl sites for hydroxylation is 2. The molecule has 0 saturated carbocycles. The standard InChI is InChI=1S/C17H17N9OS/c1-24-7-11(18)12(23-24)8-26-17(27)14-10(6-20-26)15-16(25(14)2)21-13(28-15)5-9-3-4-19-22-9/h3-4,6-7H,5,8,18H2,1-2H3,(H,19,22). The summed E-state index contributed by atoms with van der Waals surface area (Å²) in [4.78, 5) is 17.8. The van der Waals surface area contributed by atoms with Crippen LogP contribution >= 0.6 is 11.3 Å². The smallest absolute Gasteiger partial charge is 0.291 e. The van der Waals surface area contributed by atoms with Crippen molar-refractivity contribution in [1.29, 1.82) is 0 Å². The molecule has 0 spiro atoms. The Hall–Kier alpha value is -3.47. The predicted molar refractivity (Wildman–Crippen MR) is 106 cm³/mol. The quantitative estimate of drug-likeness (QED) is 0.468. The van der Waals surface area contributed by atoms with Crippen LogP contribution in [0.4, 0.5) is 5.69 Å². The second-order valence-corrected chi connectivity index (χ2v) is 7.72. The summed E-state index contributed by atoms with van der Waals surface area (Å²) < 4.78 is 5.79. The van der Waals surface area contributed by atoms with Gasteiger partial charge in [0.2, 0.25) is 0 Å². The lowest BCUT2D eigenvalue weighted by molar-refractivity contribution is 0.619. The Morgan fingerprint density at radius 3 is 2.89 bits per heavy atom. The van der Waals surface area contributed by atoms with Gasteiger partial charge >= 0.3 is 0 Å². The van der Waals surface area contributed by atoms with E-state index in [1.165, 1.54) is 4.68 Å². The minimum Gasteiger partial charge on any atom is -0.396 e. The van der Waals surface area contributed by atoms with Gasteiger partial charge in [-0.05, 0) is 6.07 Å². The molecule has 5 aromatic heterocycles. The van der Waals surface area contributed by atoms with Crippen molar-refractivity contribution in [3.63, 3.8) is 0 Å². The Morgan fingerprint density at radius 2 is 2.18 bits per heavy atom. The lowest BCUT2D eigenvalue weighted by Gasteiger charge is -2.04. The van der Waals surface area contributed by atoms with E-state index in [2.05, 4.69) is 20.4 Å². The molecule has 0 aliphatic carbocycles. The zero-order valence-electron chi connectivity index (χ0n) is 15.2. The van der Waals surface area contributed by atoms with Crippen LogP contribution in [0.25, 0.3) is 21.3 Å². The summed E-state index contributed by atoms with van der Waals surface area (Å²) in [5.41, 5.74) is 9.19. The van der Waals surface area contributed by atoms with Crippen LogP contribution in [0.15, 0.2) is 29.5 Å². The molecule has 0 atom stereocenters. The minimum absolute atomic E-state index is 0.191. The van der Waals surface area contributed by atoms with Crippen molar-refractivity contribution in [2.45, 2.75) is 13.0 Å². The zero-order chi connectivity index (χ0) is 19.4. The number of nitrogens with one attached hydrogen (secondary N) is 1. The first-order valence-corrected chi connectivity index (χ1v) is 9.43. The minimum atomic E-state index is -0.191. The number of nitrogens with two attached hydrogens (primary N) is 1.